The summed E-state index contributed by atoms with van der Waals surface area (Å²) in [5, 5.41) is 3.40. The Morgan fingerprint density at radius 2 is 1.70 bits per heavy atom. The first-order chi connectivity index (χ1) is 15.2. The summed E-state index contributed by atoms with van der Waals surface area (Å²) in [7, 11) is 0. The number of nitrogens with two attached hydrogens (primary N) is 2. The molecule has 1 rings (SSSR count). The van der Waals surface area contributed by atoms with Gasteiger partial charge in [-0.25, -0.2) is 0 Å². The summed E-state index contributed by atoms with van der Waals surface area (Å²) in [6, 6.07) is 0. The van der Waals surface area contributed by atoms with Gasteiger partial charge in [0.2, 0.25) is 15.4 Å². The molecule has 0 saturated carbocycles. The van der Waals surface area contributed by atoms with Crippen molar-refractivity contribution in [1.29, 1.82) is 0 Å². The van der Waals surface area contributed by atoms with Crippen molar-refractivity contribution < 1.29 is 33.4 Å². The van der Waals surface area contributed by atoms with E-state index in [2.05, 4.69) is 37.2 Å². The topological polar surface area (TPSA) is 168 Å². The summed E-state index contributed by atoms with van der Waals surface area (Å²) in [6.07, 6.45) is 1.21. The van der Waals surface area contributed by atoms with E-state index in [4.69, 9.17) is 20.9 Å². The molecule has 33 heavy (non-hydrogen) atoms. The molecule has 3 atom stereocenters. The highest BCUT2D eigenvalue weighted by atomic mass is 127. The number of carbonyl (C=O) groups is 5. The number of esters is 2. The van der Waals surface area contributed by atoms with Gasteiger partial charge in [0.25, 0.3) is 5.91 Å². The third-order valence-electron chi connectivity index (χ3n) is 4.47. The van der Waals surface area contributed by atoms with Crippen molar-refractivity contribution >= 4 is 129 Å². The molecule has 0 bridgehead atoms. The van der Waals surface area contributed by atoms with Gasteiger partial charge in [-0.3, -0.25) is 24.0 Å². The molecule has 0 aromatic carbocycles. The first kappa shape index (κ1) is 31.0. The lowest BCUT2D eigenvalue weighted by molar-refractivity contribution is -0.161. The van der Waals surface area contributed by atoms with Gasteiger partial charge in [0.05, 0.1) is 19.7 Å². The van der Waals surface area contributed by atoms with E-state index in [0.717, 1.165) is 13.8 Å². The molecule has 0 radical (unpaired) electrons. The number of allylic oxidation sites excluding steroid dienone is 1. The van der Waals surface area contributed by atoms with Crippen LogP contribution in [0.1, 0.15) is 26.7 Å². The molecule has 1 aliphatic rings. The number of nitrogens with one attached hydrogen (secondary N) is 1. The molecule has 1 aliphatic carbocycles. The fourth-order valence-electron chi connectivity index (χ4n) is 2.94. The molecule has 10 nitrogen and oxygen atoms in total. The SMILES string of the molecule is CC(=O)OCC1(C(N)=O)C(I)=C(NC(=O)C(Br)CCCBr)C(I)=C(C(N)=O)C1(I)OC(C)=O. The maximum atomic E-state index is 13.0. The summed E-state index contributed by atoms with van der Waals surface area (Å²) in [4.78, 5) is 61.5. The van der Waals surface area contributed by atoms with Crippen LogP contribution in [0, 0.1) is 5.41 Å². The molecule has 5 N–H and O–H groups in total. The van der Waals surface area contributed by atoms with Crippen molar-refractivity contribution in [3.8, 4) is 0 Å². The summed E-state index contributed by atoms with van der Waals surface area (Å²) in [5.74, 6) is -4.11. The van der Waals surface area contributed by atoms with Gasteiger partial charge in [0.1, 0.15) is 6.61 Å². The highest BCUT2D eigenvalue weighted by Gasteiger charge is 2.66. The number of primary amides is 2. The number of hydrogen-bond acceptors (Lipinski definition) is 7. The van der Waals surface area contributed by atoms with Crippen molar-refractivity contribution in [3.05, 3.63) is 18.4 Å². The highest BCUT2D eigenvalue weighted by Crippen LogP contribution is 2.59. The predicted octanol–water partition coefficient (Wildman–Crippen LogP) is 2.61. The molecule has 0 saturated heterocycles. The van der Waals surface area contributed by atoms with Crippen LogP contribution in [-0.4, -0.2) is 50.0 Å². The summed E-state index contributed by atoms with van der Waals surface area (Å²) in [6.45, 7) is 1.52. The second-order valence-electron chi connectivity index (χ2n) is 6.77. The van der Waals surface area contributed by atoms with Crippen LogP contribution in [0.25, 0.3) is 0 Å². The Balaban J connectivity index is 3.89. The van der Waals surface area contributed by atoms with Crippen molar-refractivity contribution in [2.75, 3.05) is 11.9 Å². The Kier molecular flexibility index (Phi) is 12.0. The van der Waals surface area contributed by atoms with Crippen LogP contribution in [0.4, 0.5) is 0 Å². The number of rotatable bonds is 10. The third kappa shape index (κ3) is 6.60. The summed E-state index contributed by atoms with van der Waals surface area (Å²) in [5.41, 5.74) is 9.15. The van der Waals surface area contributed by atoms with E-state index >= 15 is 0 Å². The highest BCUT2D eigenvalue weighted by molar-refractivity contribution is 14.1. The molecule has 0 aromatic heterocycles. The largest absolute Gasteiger partial charge is 0.464 e. The van der Waals surface area contributed by atoms with E-state index in [1.165, 1.54) is 0 Å². The molecule has 184 valence electrons. The van der Waals surface area contributed by atoms with Crippen molar-refractivity contribution in [3.63, 3.8) is 0 Å². The zero-order chi connectivity index (χ0) is 25.7. The number of alkyl halides is 3. The second-order valence-corrected chi connectivity index (χ2v) is 12.3. The van der Waals surface area contributed by atoms with E-state index in [0.29, 0.717) is 18.2 Å². The Bertz CT molecular complexity index is 943. The maximum Gasteiger partial charge on any atom is 0.304 e. The van der Waals surface area contributed by atoms with Crippen LogP contribution in [0.5, 0.6) is 0 Å². The molecule has 15 heteroatoms. The molecule has 0 aromatic rings. The van der Waals surface area contributed by atoms with Crippen LogP contribution in [0.3, 0.4) is 0 Å². The Labute approximate surface area is 247 Å². The molecule has 3 amide bonds. The van der Waals surface area contributed by atoms with Gasteiger partial charge in [-0.05, 0) is 80.6 Å². The lowest BCUT2D eigenvalue weighted by Crippen LogP contribution is -2.62. The van der Waals surface area contributed by atoms with E-state index in [1.807, 2.05) is 0 Å². The lowest BCUT2D eigenvalue weighted by atomic mass is 9.73. The van der Waals surface area contributed by atoms with Gasteiger partial charge in [-0.2, -0.15) is 0 Å². The zero-order valence-electron chi connectivity index (χ0n) is 17.3. The Morgan fingerprint density at radius 1 is 1.12 bits per heavy atom. The smallest absolute Gasteiger partial charge is 0.304 e. The van der Waals surface area contributed by atoms with Gasteiger partial charge >= 0.3 is 11.9 Å². The minimum Gasteiger partial charge on any atom is -0.464 e. The van der Waals surface area contributed by atoms with Crippen LogP contribution >= 0.6 is 99.6 Å². The van der Waals surface area contributed by atoms with Gasteiger partial charge in [-0.1, -0.05) is 31.9 Å². The van der Waals surface area contributed by atoms with E-state index in [-0.39, 0.29) is 18.4 Å². The van der Waals surface area contributed by atoms with Crippen molar-refractivity contribution in [1.82, 2.24) is 5.32 Å². The lowest BCUT2D eigenvalue weighted by Gasteiger charge is -2.47. The summed E-state index contributed by atoms with van der Waals surface area (Å²) < 4.78 is 8.80. The molecule has 0 spiro atoms. The van der Waals surface area contributed by atoms with Crippen molar-refractivity contribution in [2.45, 2.75) is 35.1 Å². The average molecular weight is 931 g/mol. The van der Waals surface area contributed by atoms with Crippen LogP contribution < -0.4 is 16.8 Å². The Hall–Kier alpha value is -0.0200. The predicted molar refractivity (Wildman–Crippen MR) is 152 cm³/mol. The number of halogens is 5. The average Bonchev–Trinajstić information content (AvgIpc) is 2.67. The molecule has 0 fully saturated rings. The van der Waals surface area contributed by atoms with Gasteiger partial charge in [0.15, 0.2) is 5.41 Å². The van der Waals surface area contributed by atoms with Gasteiger partial charge in [0, 0.05) is 22.8 Å². The first-order valence-electron chi connectivity index (χ1n) is 9.10. The van der Waals surface area contributed by atoms with Gasteiger partial charge < -0.3 is 26.3 Å². The fourth-order valence-corrected chi connectivity index (χ4v) is 9.04. The van der Waals surface area contributed by atoms with Crippen molar-refractivity contribution in [2.24, 2.45) is 16.9 Å². The number of hydrogen-bond donors (Lipinski definition) is 3. The van der Waals surface area contributed by atoms with Crippen LogP contribution in [0.2, 0.25) is 0 Å². The van der Waals surface area contributed by atoms with Gasteiger partial charge in [-0.15, -0.1) is 0 Å². The number of amides is 3. The normalized spacial score (nSPS) is 23.6. The first-order valence-corrected chi connectivity index (χ1v) is 14.4. The van der Waals surface area contributed by atoms with E-state index in [1.54, 1.807) is 67.8 Å². The number of carbonyl (C=O) groups excluding carboxylic acids is 5. The van der Waals surface area contributed by atoms with Crippen LogP contribution in [0.15, 0.2) is 18.4 Å². The number of ether oxygens (including phenoxy) is 2. The molecule has 0 aliphatic heterocycles. The maximum absolute atomic E-state index is 13.0. The molecular weight excluding hydrogens is 911 g/mol. The van der Waals surface area contributed by atoms with E-state index in [9.17, 15) is 24.0 Å². The summed E-state index contributed by atoms with van der Waals surface area (Å²) >= 11 is 11.8. The fraction of sp³-hybridized carbons (Fsp3) is 0.500. The quantitative estimate of drug-likeness (QED) is 0.172. The third-order valence-corrected chi connectivity index (χ3v) is 10.1. The molecule has 0 heterocycles. The van der Waals surface area contributed by atoms with Crippen LogP contribution in [-0.2, 0) is 33.4 Å². The standard InChI is InChI=1S/C18H20Br2I3N3O7/c1-7(27)32-6-17(16(25)31)13(22)12(26-15(30)9(20)4-3-5-19)11(21)10(14(24)29)18(17,23)33-8(2)28/h9H,3-6H2,1-2H3,(H2,24,29)(H2,25,31)(H,26,30). The Morgan fingerprint density at radius 3 is 2.12 bits per heavy atom. The minimum atomic E-state index is -2.06. The monoisotopic (exact) mass is 929 g/mol. The minimum absolute atomic E-state index is 0.0729. The zero-order valence-corrected chi connectivity index (χ0v) is 27.0. The van der Waals surface area contributed by atoms with E-state index < -0.39 is 50.1 Å². The molecule has 3 unspecified atom stereocenters. The molecular formula is C18H20Br2I3N3O7. The second kappa shape index (κ2) is 12.8.